The fourth-order valence-electron chi connectivity index (χ4n) is 3.18. The van der Waals surface area contributed by atoms with E-state index >= 15 is 0 Å². The van der Waals surface area contributed by atoms with Gasteiger partial charge in [-0.3, -0.25) is 9.88 Å². The molecule has 3 heteroatoms. The minimum atomic E-state index is 0.527. The van der Waals surface area contributed by atoms with Crippen LogP contribution in [0.3, 0.4) is 0 Å². The standard InChI is InChI=1S/C15H25N3/c1-3-18-10-5-4-7-13(11-16-2)15(18)14-8-6-9-17-12-14/h6,8-9,12-13,15-16H,3-5,7,10-11H2,1-2H3. The summed E-state index contributed by atoms with van der Waals surface area (Å²) in [6.45, 7) is 5.71. The van der Waals surface area contributed by atoms with Gasteiger partial charge >= 0.3 is 0 Å². The second-order valence-corrected chi connectivity index (χ2v) is 5.17. The molecule has 0 aromatic carbocycles. The molecule has 1 saturated heterocycles. The second kappa shape index (κ2) is 6.86. The lowest BCUT2D eigenvalue weighted by Crippen LogP contribution is -2.36. The van der Waals surface area contributed by atoms with Gasteiger partial charge in [-0.15, -0.1) is 0 Å². The molecule has 3 nitrogen and oxygen atoms in total. The van der Waals surface area contributed by atoms with Crippen molar-refractivity contribution in [3.8, 4) is 0 Å². The van der Waals surface area contributed by atoms with E-state index in [1.807, 2.05) is 12.4 Å². The number of hydrogen-bond acceptors (Lipinski definition) is 3. The number of hydrogen-bond donors (Lipinski definition) is 1. The van der Waals surface area contributed by atoms with Crippen LogP contribution in [0.2, 0.25) is 0 Å². The molecule has 2 atom stereocenters. The van der Waals surface area contributed by atoms with Crippen molar-refractivity contribution in [3.05, 3.63) is 30.1 Å². The quantitative estimate of drug-likeness (QED) is 0.886. The summed E-state index contributed by atoms with van der Waals surface area (Å²) in [7, 11) is 2.06. The van der Waals surface area contributed by atoms with Crippen molar-refractivity contribution in [2.75, 3.05) is 26.7 Å². The first-order valence-electron chi connectivity index (χ1n) is 7.15. The van der Waals surface area contributed by atoms with Gasteiger partial charge in [0.25, 0.3) is 0 Å². The average Bonchev–Trinajstić information content (AvgIpc) is 2.62. The van der Waals surface area contributed by atoms with E-state index in [-0.39, 0.29) is 0 Å². The first kappa shape index (κ1) is 13.5. The van der Waals surface area contributed by atoms with E-state index in [2.05, 4.69) is 41.3 Å². The topological polar surface area (TPSA) is 28.2 Å². The third-order valence-corrected chi connectivity index (χ3v) is 4.01. The van der Waals surface area contributed by atoms with Crippen LogP contribution in [0.5, 0.6) is 0 Å². The largest absolute Gasteiger partial charge is 0.319 e. The lowest BCUT2D eigenvalue weighted by atomic mass is 9.90. The zero-order valence-electron chi connectivity index (χ0n) is 11.6. The van der Waals surface area contributed by atoms with E-state index in [0.29, 0.717) is 12.0 Å². The van der Waals surface area contributed by atoms with Crippen molar-refractivity contribution in [1.82, 2.24) is 15.2 Å². The molecule has 0 radical (unpaired) electrons. The highest BCUT2D eigenvalue weighted by atomic mass is 15.2. The summed E-state index contributed by atoms with van der Waals surface area (Å²) in [4.78, 5) is 6.92. The highest BCUT2D eigenvalue weighted by Gasteiger charge is 2.29. The normalized spacial score (nSPS) is 25.9. The molecule has 100 valence electrons. The van der Waals surface area contributed by atoms with E-state index in [1.54, 1.807) is 0 Å². The zero-order valence-corrected chi connectivity index (χ0v) is 11.6. The van der Waals surface area contributed by atoms with Crippen molar-refractivity contribution in [3.63, 3.8) is 0 Å². The smallest absolute Gasteiger partial charge is 0.0403 e. The Morgan fingerprint density at radius 3 is 3.00 bits per heavy atom. The third-order valence-electron chi connectivity index (χ3n) is 4.01. The first-order valence-corrected chi connectivity index (χ1v) is 7.15. The lowest BCUT2D eigenvalue weighted by Gasteiger charge is -2.34. The molecule has 0 spiro atoms. The number of aromatic nitrogens is 1. The molecule has 2 heterocycles. The molecule has 1 fully saturated rings. The molecule has 0 saturated carbocycles. The summed E-state index contributed by atoms with van der Waals surface area (Å²) >= 11 is 0. The Morgan fingerprint density at radius 2 is 2.33 bits per heavy atom. The fourth-order valence-corrected chi connectivity index (χ4v) is 3.18. The summed E-state index contributed by atoms with van der Waals surface area (Å²) in [5.74, 6) is 0.696. The molecule has 1 aromatic rings. The molecule has 1 N–H and O–H groups in total. The number of nitrogens with one attached hydrogen (secondary N) is 1. The number of pyridine rings is 1. The van der Waals surface area contributed by atoms with Crippen molar-refractivity contribution in [2.24, 2.45) is 5.92 Å². The maximum atomic E-state index is 4.31. The predicted octanol–water partition coefficient (Wildman–Crippen LogP) is 2.46. The van der Waals surface area contributed by atoms with Crippen LogP contribution >= 0.6 is 0 Å². The molecular formula is C15H25N3. The monoisotopic (exact) mass is 247 g/mol. The van der Waals surface area contributed by atoms with Crippen molar-refractivity contribution in [2.45, 2.75) is 32.2 Å². The number of nitrogens with zero attached hydrogens (tertiary/aromatic N) is 2. The predicted molar refractivity (Wildman–Crippen MR) is 75.5 cm³/mol. The summed E-state index contributed by atoms with van der Waals surface area (Å²) < 4.78 is 0. The average molecular weight is 247 g/mol. The van der Waals surface area contributed by atoms with Crippen LogP contribution in [0.1, 0.15) is 37.8 Å². The molecule has 1 aliphatic rings. The molecule has 2 rings (SSSR count). The van der Waals surface area contributed by atoms with Gasteiger partial charge < -0.3 is 5.32 Å². The van der Waals surface area contributed by atoms with Gasteiger partial charge in [0, 0.05) is 18.4 Å². The molecule has 18 heavy (non-hydrogen) atoms. The van der Waals surface area contributed by atoms with E-state index < -0.39 is 0 Å². The van der Waals surface area contributed by atoms with E-state index in [4.69, 9.17) is 0 Å². The zero-order chi connectivity index (χ0) is 12.8. The molecule has 0 amide bonds. The van der Waals surface area contributed by atoms with Gasteiger partial charge in [0.15, 0.2) is 0 Å². The Hall–Kier alpha value is -0.930. The van der Waals surface area contributed by atoms with Gasteiger partial charge in [-0.1, -0.05) is 19.4 Å². The highest BCUT2D eigenvalue weighted by Crippen LogP contribution is 2.34. The second-order valence-electron chi connectivity index (χ2n) is 5.17. The molecule has 0 aliphatic carbocycles. The van der Waals surface area contributed by atoms with Gasteiger partial charge in [-0.2, -0.15) is 0 Å². The minimum absolute atomic E-state index is 0.527. The van der Waals surface area contributed by atoms with Gasteiger partial charge in [-0.25, -0.2) is 0 Å². The van der Waals surface area contributed by atoms with Crippen molar-refractivity contribution in [1.29, 1.82) is 0 Å². The van der Waals surface area contributed by atoms with Crippen LogP contribution in [0.4, 0.5) is 0 Å². The maximum Gasteiger partial charge on any atom is 0.0403 e. The van der Waals surface area contributed by atoms with Crippen molar-refractivity contribution < 1.29 is 0 Å². The molecule has 1 aromatic heterocycles. The summed E-state index contributed by atoms with van der Waals surface area (Å²) in [5, 5.41) is 3.36. The van der Waals surface area contributed by atoms with Crippen LogP contribution in [0, 0.1) is 5.92 Å². The van der Waals surface area contributed by atoms with Gasteiger partial charge in [0.05, 0.1) is 0 Å². The Labute approximate surface area is 111 Å². The third kappa shape index (κ3) is 3.09. The number of likely N-dealkylation sites (tertiary alicyclic amines) is 1. The Morgan fingerprint density at radius 1 is 1.44 bits per heavy atom. The van der Waals surface area contributed by atoms with E-state index in [9.17, 15) is 0 Å². The van der Waals surface area contributed by atoms with Crippen LogP contribution in [-0.2, 0) is 0 Å². The number of rotatable bonds is 4. The van der Waals surface area contributed by atoms with Crippen molar-refractivity contribution >= 4 is 0 Å². The van der Waals surface area contributed by atoms with Crippen LogP contribution in [0.15, 0.2) is 24.5 Å². The maximum absolute atomic E-state index is 4.31. The van der Waals surface area contributed by atoms with Gasteiger partial charge in [-0.05, 0) is 57.1 Å². The Bertz CT molecular complexity index is 339. The highest BCUT2D eigenvalue weighted by molar-refractivity contribution is 5.16. The Balaban J connectivity index is 2.26. The van der Waals surface area contributed by atoms with Gasteiger partial charge in [0.1, 0.15) is 0 Å². The Kier molecular flexibility index (Phi) is 5.14. The lowest BCUT2D eigenvalue weighted by molar-refractivity contribution is 0.162. The first-order chi connectivity index (χ1) is 8.86. The van der Waals surface area contributed by atoms with Crippen LogP contribution < -0.4 is 5.32 Å². The van der Waals surface area contributed by atoms with E-state index in [0.717, 1.165) is 13.1 Å². The van der Waals surface area contributed by atoms with Gasteiger partial charge in [0.2, 0.25) is 0 Å². The summed E-state index contributed by atoms with van der Waals surface area (Å²) in [6.07, 6.45) is 7.90. The SMILES string of the molecule is CCN1CCCCC(CNC)C1c1cccnc1. The molecule has 1 aliphatic heterocycles. The summed E-state index contributed by atoms with van der Waals surface area (Å²) in [6, 6.07) is 4.82. The molecule has 0 bridgehead atoms. The molecular weight excluding hydrogens is 222 g/mol. The molecule has 2 unspecified atom stereocenters. The fraction of sp³-hybridized carbons (Fsp3) is 0.667. The van der Waals surface area contributed by atoms with Crippen LogP contribution in [-0.4, -0.2) is 36.6 Å². The minimum Gasteiger partial charge on any atom is -0.319 e. The van der Waals surface area contributed by atoms with Crippen LogP contribution in [0.25, 0.3) is 0 Å². The van der Waals surface area contributed by atoms with E-state index in [1.165, 1.54) is 31.4 Å². The summed E-state index contributed by atoms with van der Waals surface area (Å²) in [5.41, 5.74) is 1.38.